The predicted octanol–water partition coefficient (Wildman–Crippen LogP) is 2.44. The largest absolute Gasteiger partial charge is 0.497 e. The quantitative estimate of drug-likeness (QED) is 0.896. The number of likely N-dealkylation sites (tertiary alicyclic amines) is 1. The van der Waals surface area contributed by atoms with Crippen molar-refractivity contribution in [1.29, 1.82) is 0 Å². The molecule has 3 unspecified atom stereocenters. The maximum absolute atomic E-state index is 6.16. The monoisotopic (exact) mass is 274 g/mol. The third-order valence-corrected chi connectivity index (χ3v) is 5.29. The molecule has 1 heterocycles. The first-order valence-corrected chi connectivity index (χ1v) is 7.74. The Morgan fingerprint density at radius 2 is 2.05 bits per heavy atom. The number of hydrogen-bond donors (Lipinski definition) is 1. The number of fused-ring (bicyclic) bond motifs is 2. The zero-order valence-corrected chi connectivity index (χ0v) is 12.6. The Morgan fingerprint density at radius 1 is 1.30 bits per heavy atom. The summed E-state index contributed by atoms with van der Waals surface area (Å²) >= 11 is 0. The standard InChI is InChI=1S/C17H26N2O/c1-17(12-18,19-11-14-3-6-15(19)9-14)10-13-4-7-16(20-2)8-5-13/h4-5,7-8,14-15H,3,6,9-12,18H2,1-2H3. The van der Waals surface area contributed by atoms with E-state index in [4.69, 9.17) is 10.5 Å². The van der Waals surface area contributed by atoms with Crippen molar-refractivity contribution >= 4 is 0 Å². The van der Waals surface area contributed by atoms with Crippen LogP contribution < -0.4 is 10.5 Å². The second-order valence-corrected chi connectivity index (χ2v) is 6.71. The van der Waals surface area contributed by atoms with Crippen molar-refractivity contribution in [3.8, 4) is 5.75 Å². The van der Waals surface area contributed by atoms with Gasteiger partial charge in [0, 0.05) is 24.7 Å². The van der Waals surface area contributed by atoms with Crippen LogP contribution >= 0.6 is 0 Å². The van der Waals surface area contributed by atoms with Crippen molar-refractivity contribution in [3.05, 3.63) is 29.8 Å². The number of rotatable bonds is 5. The van der Waals surface area contributed by atoms with Gasteiger partial charge in [-0.3, -0.25) is 4.90 Å². The molecule has 0 spiro atoms. The Bertz CT molecular complexity index is 459. The summed E-state index contributed by atoms with van der Waals surface area (Å²) in [6.45, 7) is 4.30. The molecule has 1 aromatic rings. The highest BCUT2D eigenvalue weighted by molar-refractivity contribution is 5.28. The predicted molar refractivity (Wildman–Crippen MR) is 82.0 cm³/mol. The molecule has 110 valence electrons. The summed E-state index contributed by atoms with van der Waals surface area (Å²) in [5, 5.41) is 0. The molecule has 3 nitrogen and oxygen atoms in total. The molecule has 3 rings (SSSR count). The summed E-state index contributed by atoms with van der Waals surface area (Å²) < 4.78 is 5.23. The number of piperidine rings is 1. The van der Waals surface area contributed by atoms with Gasteiger partial charge in [-0.25, -0.2) is 0 Å². The third kappa shape index (κ3) is 2.45. The van der Waals surface area contributed by atoms with E-state index in [1.807, 2.05) is 12.1 Å². The smallest absolute Gasteiger partial charge is 0.118 e. The molecule has 2 N–H and O–H groups in total. The van der Waals surface area contributed by atoms with E-state index in [1.165, 1.54) is 31.4 Å². The van der Waals surface area contributed by atoms with Crippen LogP contribution in [-0.2, 0) is 6.42 Å². The molecular weight excluding hydrogens is 248 g/mol. The number of benzene rings is 1. The van der Waals surface area contributed by atoms with Gasteiger partial charge in [-0.2, -0.15) is 0 Å². The summed E-state index contributed by atoms with van der Waals surface area (Å²) in [5.74, 6) is 1.84. The van der Waals surface area contributed by atoms with Crippen LogP contribution in [0.4, 0.5) is 0 Å². The summed E-state index contributed by atoms with van der Waals surface area (Å²) in [6, 6.07) is 9.19. The van der Waals surface area contributed by atoms with Crippen LogP contribution in [0.1, 0.15) is 31.7 Å². The van der Waals surface area contributed by atoms with Crippen LogP contribution in [0, 0.1) is 5.92 Å². The fraction of sp³-hybridized carbons (Fsp3) is 0.647. The highest BCUT2D eigenvalue weighted by Crippen LogP contribution is 2.42. The Balaban J connectivity index is 1.74. The van der Waals surface area contributed by atoms with Gasteiger partial charge in [-0.1, -0.05) is 12.1 Å². The Kier molecular flexibility index (Phi) is 3.74. The maximum Gasteiger partial charge on any atom is 0.118 e. The van der Waals surface area contributed by atoms with E-state index in [0.29, 0.717) is 0 Å². The van der Waals surface area contributed by atoms with Gasteiger partial charge in [0.2, 0.25) is 0 Å². The van der Waals surface area contributed by atoms with Gasteiger partial charge in [0.25, 0.3) is 0 Å². The zero-order chi connectivity index (χ0) is 14.2. The van der Waals surface area contributed by atoms with Crippen LogP contribution in [0.15, 0.2) is 24.3 Å². The molecule has 0 radical (unpaired) electrons. The van der Waals surface area contributed by atoms with Gasteiger partial charge in [0.05, 0.1) is 7.11 Å². The summed E-state index contributed by atoms with van der Waals surface area (Å²) in [5.41, 5.74) is 7.60. The fourth-order valence-electron chi connectivity index (χ4n) is 4.06. The minimum atomic E-state index is 0.0917. The number of methoxy groups -OCH3 is 1. The molecule has 3 atom stereocenters. The number of hydrogen-bond acceptors (Lipinski definition) is 3. The van der Waals surface area contributed by atoms with Crippen molar-refractivity contribution < 1.29 is 4.74 Å². The first-order chi connectivity index (χ1) is 9.64. The molecule has 1 aromatic carbocycles. The lowest BCUT2D eigenvalue weighted by Crippen LogP contribution is -2.56. The highest BCUT2D eigenvalue weighted by atomic mass is 16.5. The SMILES string of the molecule is COc1ccc(CC(C)(CN)N2CC3CCC2C3)cc1. The van der Waals surface area contributed by atoms with Gasteiger partial charge in [-0.15, -0.1) is 0 Å². The van der Waals surface area contributed by atoms with Gasteiger partial charge in [0.1, 0.15) is 5.75 Å². The van der Waals surface area contributed by atoms with E-state index >= 15 is 0 Å². The van der Waals surface area contributed by atoms with E-state index in [9.17, 15) is 0 Å². The Hall–Kier alpha value is -1.06. The molecule has 3 heteroatoms. The zero-order valence-electron chi connectivity index (χ0n) is 12.6. The molecule has 2 aliphatic rings. The van der Waals surface area contributed by atoms with Crippen LogP contribution in [0.3, 0.4) is 0 Å². The molecule has 2 fully saturated rings. The lowest BCUT2D eigenvalue weighted by Gasteiger charge is -2.43. The molecule has 0 amide bonds. The van der Waals surface area contributed by atoms with E-state index in [0.717, 1.165) is 30.7 Å². The molecule has 0 aromatic heterocycles. The van der Waals surface area contributed by atoms with Crippen LogP contribution in [0.5, 0.6) is 5.75 Å². The van der Waals surface area contributed by atoms with Gasteiger partial charge in [-0.05, 0) is 56.2 Å². The van der Waals surface area contributed by atoms with Gasteiger partial charge >= 0.3 is 0 Å². The summed E-state index contributed by atoms with van der Waals surface area (Å²) in [4.78, 5) is 2.69. The summed E-state index contributed by atoms with van der Waals surface area (Å²) in [6.07, 6.45) is 5.20. The fourth-order valence-corrected chi connectivity index (χ4v) is 4.06. The second-order valence-electron chi connectivity index (χ2n) is 6.71. The topological polar surface area (TPSA) is 38.5 Å². The van der Waals surface area contributed by atoms with Crippen LogP contribution in [-0.4, -0.2) is 36.7 Å². The van der Waals surface area contributed by atoms with Crippen molar-refractivity contribution in [1.82, 2.24) is 4.90 Å². The summed E-state index contributed by atoms with van der Waals surface area (Å²) in [7, 11) is 1.71. The van der Waals surface area contributed by atoms with E-state index in [2.05, 4.69) is 24.0 Å². The molecule has 20 heavy (non-hydrogen) atoms. The van der Waals surface area contributed by atoms with Crippen molar-refractivity contribution in [3.63, 3.8) is 0 Å². The second kappa shape index (κ2) is 5.38. The Labute approximate surface area is 122 Å². The lowest BCUT2D eigenvalue weighted by molar-refractivity contribution is 0.0746. The molecule has 1 saturated carbocycles. The molecule has 1 aliphatic heterocycles. The molecule has 1 aliphatic carbocycles. The minimum absolute atomic E-state index is 0.0917. The first-order valence-electron chi connectivity index (χ1n) is 7.74. The maximum atomic E-state index is 6.16. The van der Waals surface area contributed by atoms with Crippen molar-refractivity contribution in [2.75, 3.05) is 20.2 Å². The molecule has 1 saturated heterocycles. The normalized spacial score (nSPS) is 28.6. The molecule has 2 bridgehead atoms. The van der Waals surface area contributed by atoms with E-state index < -0.39 is 0 Å². The average molecular weight is 274 g/mol. The highest BCUT2D eigenvalue weighted by Gasteiger charge is 2.45. The van der Waals surface area contributed by atoms with E-state index in [-0.39, 0.29) is 5.54 Å². The average Bonchev–Trinajstić information content (AvgIpc) is 3.11. The number of ether oxygens (including phenoxy) is 1. The van der Waals surface area contributed by atoms with Crippen molar-refractivity contribution in [2.45, 2.75) is 44.2 Å². The first kappa shape index (κ1) is 13.9. The number of nitrogens with zero attached hydrogens (tertiary/aromatic N) is 1. The lowest BCUT2D eigenvalue weighted by atomic mass is 9.89. The third-order valence-electron chi connectivity index (χ3n) is 5.29. The van der Waals surface area contributed by atoms with Crippen LogP contribution in [0.2, 0.25) is 0 Å². The van der Waals surface area contributed by atoms with Crippen molar-refractivity contribution in [2.24, 2.45) is 11.7 Å². The van der Waals surface area contributed by atoms with E-state index in [1.54, 1.807) is 7.11 Å². The van der Waals surface area contributed by atoms with Gasteiger partial charge < -0.3 is 10.5 Å². The van der Waals surface area contributed by atoms with Gasteiger partial charge in [0.15, 0.2) is 0 Å². The number of nitrogens with two attached hydrogens (primary N) is 1. The minimum Gasteiger partial charge on any atom is -0.497 e. The molecular formula is C17H26N2O. The van der Waals surface area contributed by atoms with Crippen LogP contribution in [0.25, 0.3) is 0 Å². The Morgan fingerprint density at radius 3 is 2.55 bits per heavy atom.